The van der Waals surface area contributed by atoms with Crippen LogP contribution in [0.2, 0.25) is 0 Å². The number of hydrogen-bond donors (Lipinski definition) is 0. The normalized spacial score (nSPS) is 13.4. The molecule has 0 bridgehead atoms. The SMILES string of the molecule is CCOC(C(=O)Cc1ccc(F)c(F)c1)C(C)(C)C. The van der Waals surface area contributed by atoms with Crippen molar-refractivity contribution < 1.29 is 18.3 Å². The number of ketones is 1. The molecule has 0 aliphatic heterocycles. The zero-order chi connectivity index (χ0) is 14.6. The van der Waals surface area contributed by atoms with Crippen molar-refractivity contribution in [1.82, 2.24) is 0 Å². The first-order valence-electron chi connectivity index (χ1n) is 6.34. The van der Waals surface area contributed by atoms with E-state index in [1.165, 1.54) is 6.07 Å². The molecule has 0 spiro atoms. The lowest BCUT2D eigenvalue weighted by molar-refractivity contribution is -0.136. The third-order valence-corrected chi connectivity index (χ3v) is 2.77. The fourth-order valence-electron chi connectivity index (χ4n) is 1.94. The molecule has 0 aliphatic rings. The summed E-state index contributed by atoms with van der Waals surface area (Å²) in [6, 6.07) is 3.51. The first-order valence-corrected chi connectivity index (χ1v) is 6.34. The van der Waals surface area contributed by atoms with Gasteiger partial charge in [-0.25, -0.2) is 8.78 Å². The molecule has 1 aromatic rings. The Bertz CT molecular complexity index is 450. The molecule has 0 N–H and O–H groups in total. The number of halogens is 2. The maximum absolute atomic E-state index is 13.1. The summed E-state index contributed by atoms with van der Waals surface area (Å²) in [6.07, 6.45) is -0.510. The predicted octanol–water partition coefficient (Wildman–Crippen LogP) is 3.53. The largest absolute Gasteiger partial charge is 0.370 e. The van der Waals surface area contributed by atoms with Crippen molar-refractivity contribution in [2.45, 2.75) is 40.2 Å². The Hall–Kier alpha value is -1.29. The molecule has 1 unspecified atom stereocenters. The fourth-order valence-corrected chi connectivity index (χ4v) is 1.94. The molecule has 1 rings (SSSR count). The smallest absolute Gasteiger partial charge is 0.166 e. The Kier molecular flexibility index (Phi) is 5.18. The molecule has 0 aliphatic carbocycles. The summed E-state index contributed by atoms with van der Waals surface area (Å²) in [7, 11) is 0. The molecule has 0 saturated carbocycles. The van der Waals surface area contributed by atoms with Gasteiger partial charge in [-0.3, -0.25) is 4.79 Å². The number of hydrogen-bond acceptors (Lipinski definition) is 2. The topological polar surface area (TPSA) is 26.3 Å². The minimum atomic E-state index is -0.936. The molecule has 19 heavy (non-hydrogen) atoms. The van der Waals surface area contributed by atoms with Crippen LogP contribution in [0.3, 0.4) is 0 Å². The van der Waals surface area contributed by atoms with Gasteiger partial charge in [-0.05, 0) is 30.0 Å². The number of rotatable bonds is 5. The van der Waals surface area contributed by atoms with E-state index >= 15 is 0 Å². The van der Waals surface area contributed by atoms with Crippen molar-refractivity contribution in [2.24, 2.45) is 5.41 Å². The average molecular weight is 270 g/mol. The summed E-state index contributed by atoms with van der Waals surface area (Å²) in [5.74, 6) is -1.97. The van der Waals surface area contributed by atoms with Crippen molar-refractivity contribution in [3.8, 4) is 0 Å². The lowest BCUT2D eigenvalue weighted by atomic mass is 9.84. The van der Waals surface area contributed by atoms with Crippen LogP contribution in [-0.2, 0) is 16.0 Å². The van der Waals surface area contributed by atoms with Crippen molar-refractivity contribution in [2.75, 3.05) is 6.61 Å². The Morgan fingerprint density at radius 3 is 2.37 bits per heavy atom. The van der Waals surface area contributed by atoms with Crippen molar-refractivity contribution in [3.63, 3.8) is 0 Å². The Morgan fingerprint density at radius 2 is 1.89 bits per heavy atom. The van der Waals surface area contributed by atoms with Gasteiger partial charge in [-0.2, -0.15) is 0 Å². The quantitative estimate of drug-likeness (QED) is 0.818. The van der Waals surface area contributed by atoms with Crippen molar-refractivity contribution in [1.29, 1.82) is 0 Å². The summed E-state index contributed by atoms with van der Waals surface area (Å²) in [4.78, 5) is 12.2. The molecule has 0 radical (unpaired) electrons. The van der Waals surface area contributed by atoms with Crippen LogP contribution in [0, 0.1) is 17.0 Å². The van der Waals surface area contributed by atoms with Gasteiger partial charge in [0.1, 0.15) is 6.10 Å². The van der Waals surface area contributed by atoms with Crippen molar-refractivity contribution >= 4 is 5.78 Å². The van der Waals surface area contributed by atoms with Crippen LogP contribution >= 0.6 is 0 Å². The van der Waals surface area contributed by atoms with Gasteiger partial charge in [0, 0.05) is 13.0 Å². The molecule has 1 atom stereocenters. The van der Waals surface area contributed by atoms with Crippen LogP contribution in [0.5, 0.6) is 0 Å². The minimum absolute atomic E-state index is 0.0408. The van der Waals surface area contributed by atoms with Crippen LogP contribution in [0.1, 0.15) is 33.3 Å². The Balaban J connectivity index is 2.84. The highest BCUT2D eigenvalue weighted by Gasteiger charge is 2.31. The van der Waals surface area contributed by atoms with Crippen LogP contribution in [-0.4, -0.2) is 18.5 Å². The minimum Gasteiger partial charge on any atom is -0.370 e. The average Bonchev–Trinajstić information content (AvgIpc) is 2.29. The maximum Gasteiger partial charge on any atom is 0.166 e. The van der Waals surface area contributed by atoms with E-state index in [4.69, 9.17) is 4.74 Å². The number of carbonyl (C=O) groups excluding carboxylic acids is 1. The monoisotopic (exact) mass is 270 g/mol. The molecular formula is C15H20F2O2. The van der Waals surface area contributed by atoms with Gasteiger partial charge in [0.05, 0.1) is 0 Å². The molecule has 2 nitrogen and oxygen atoms in total. The van der Waals surface area contributed by atoms with E-state index in [1.807, 2.05) is 27.7 Å². The van der Waals surface area contributed by atoms with Crippen LogP contribution in [0.4, 0.5) is 8.78 Å². The third-order valence-electron chi connectivity index (χ3n) is 2.77. The lowest BCUT2D eigenvalue weighted by Gasteiger charge is -2.29. The van der Waals surface area contributed by atoms with Gasteiger partial charge in [0.25, 0.3) is 0 Å². The number of ether oxygens (including phenoxy) is 1. The highest BCUT2D eigenvalue weighted by atomic mass is 19.2. The van der Waals surface area contributed by atoms with Gasteiger partial charge in [-0.1, -0.05) is 26.8 Å². The van der Waals surface area contributed by atoms with E-state index in [0.29, 0.717) is 12.2 Å². The van der Waals surface area contributed by atoms with E-state index in [9.17, 15) is 13.6 Å². The molecule has 0 amide bonds. The second-order valence-corrected chi connectivity index (χ2v) is 5.59. The summed E-state index contributed by atoms with van der Waals surface area (Å²) in [5, 5.41) is 0. The highest BCUT2D eigenvalue weighted by Crippen LogP contribution is 2.24. The van der Waals surface area contributed by atoms with Gasteiger partial charge >= 0.3 is 0 Å². The van der Waals surface area contributed by atoms with Gasteiger partial charge in [0.2, 0.25) is 0 Å². The third kappa shape index (κ3) is 4.39. The van der Waals surface area contributed by atoms with E-state index in [0.717, 1.165) is 12.1 Å². The second kappa shape index (κ2) is 6.24. The van der Waals surface area contributed by atoms with Crippen molar-refractivity contribution in [3.05, 3.63) is 35.4 Å². The summed E-state index contributed by atoms with van der Waals surface area (Å²) in [5.41, 5.74) is 0.129. The summed E-state index contributed by atoms with van der Waals surface area (Å²) < 4.78 is 31.4. The summed E-state index contributed by atoms with van der Waals surface area (Å²) >= 11 is 0. The highest BCUT2D eigenvalue weighted by molar-refractivity contribution is 5.86. The molecule has 4 heteroatoms. The standard InChI is InChI=1S/C15H20F2O2/c1-5-19-14(15(2,3)4)13(18)9-10-6-7-11(16)12(17)8-10/h6-8,14H,5,9H2,1-4H3. The number of carbonyl (C=O) groups is 1. The fraction of sp³-hybridized carbons (Fsp3) is 0.533. The zero-order valence-corrected chi connectivity index (χ0v) is 11.8. The van der Waals surface area contributed by atoms with Gasteiger partial charge in [0.15, 0.2) is 17.4 Å². The summed E-state index contributed by atoms with van der Waals surface area (Å²) in [6.45, 7) is 8.00. The van der Waals surface area contributed by atoms with E-state index in [-0.39, 0.29) is 17.6 Å². The van der Waals surface area contributed by atoms with E-state index in [1.54, 1.807) is 0 Å². The predicted molar refractivity (Wildman–Crippen MR) is 69.9 cm³/mol. The van der Waals surface area contributed by atoms with Crippen LogP contribution < -0.4 is 0 Å². The zero-order valence-electron chi connectivity index (χ0n) is 11.8. The second-order valence-electron chi connectivity index (χ2n) is 5.59. The lowest BCUT2D eigenvalue weighted by Crippen LogP contribution is -2.38. The number of benzene rings is 1. The number of Topliss-reactive ketones (excluding diaryl/α,β-unsaturated/α-hetero) is 1. The molecule has 0 fully saturated rings. The molecule has 1 aromatic carbocycles. The first-order chi connectivity index (χ1) is 8.75. The maximum atomic E-state index is 13.1. The Labute approximate surface area is 112 Å². The van der Waals surface area contributed by atoms with Crippen LogP contribution in [0.15, 0.2) is 18.2 Å². The van der Waals surface area contributed by atoms with Gasteiger partial charge < -0.3 is 4.74 Å². The molecular weight excluding hydrogens is 250 g/mol. The molecule has 106 valence electrons. The Morgan fingerprint density at radius 1 is 1.26 bits per heavy atom. The van der Waals surface area contributed by atoms with Crippen LogP contribution in [0.25, 0.3) is 0 Å². The molecule has 0 aromatic heterocycles. The first kappa shape index (κ1) is 15.8. The van der Waals surface area contributed by atoms with E-state index < -0.39 is 17.7 Å². The molecule has 0 saturated heterocycles. The van der Waals surface area contributed by atoms with Gasteiger partial charge in [-0.15, -0.1) is 0 Å². The van der Waals surface area contributed by atoms with E-state index in [2.05, 4.69) is 0 Å². The molecule has 0 heterocycles.